The lowest BCUT2D eigenvalue weighted by atomic mass is 10.0. The van der Waals surface area contributed by atoms with Crippen LogP contribution in [-0.2, 0) is 0 Å². The maximum absolute atomic E-state index is 11.0. The molecule has 6 heteroatoms. The van der Waals surface area contributed by atoms with E-state index in [-0.39, 0.29) is 23.1 Å². The molecule has 1 N–H and O–H groups in total. The number of nitro groups is 1. The third-order valence-electron chi connectivity index (χ3n) is 2.62. The van der Waals surface area contributed by atoms with Crippen LogP contribution in [0.15, 0.2) is 12.1 Å². The summed E-state index contributed by atoms with van der Waals surface area (Å²) >= 11 is 0. The van der Waals surface area contributed by atoms with Gasteiger partial charge in [-0.1, -0.05) is 6.92 Å². The Morgan fingerprint density at radius 1 is 1.37 bits per heavy atom. The SMILES string of the molecule is CCC(O)c1cc(OC(C)C)c(OC)cc1[N+](=O)[O-]. The first-order valence-corrected chi connectivity index (χ1v) is 6.11. The van der Waals surface area contributed by atoms with Crippen molar-refractivity contribution in [2.75, 3.05) is 7.11 Å². The lowest BCUT2D eigenvalue weighted by Gasteiger charge is -2.16. The highest BCUT2D eigenvalue weighted by atomic mass is 16.6. The predicted molar refractivity (Wildman–Crippen MR) is 70.7 cm³/mol. The molecule has 0 aliphatic heterocycles. The first-order chi connectivity index (χ1) is 8.90. The van der Waals surface area contributed by atoms with Gasteiger partial charge in [0, 0.05) is 0 Å². The highest BCUT2D eigenvalue weighted by Crippen LogP contribution is 2.38. The van der Waals surface area contributed by atoms with E-state index in [0.717, 1.165) is 0 Å². The molecule has 0 bridgehead atoms. The van der Waals surface area contributed by atoms with E-state index >= 15 is 0 Å². The second-order valence-electron chi connectivity index (χ2n) is 4.41. The summed E-state index contributed by atoms with van der Waals surface area (Å²) < 4.78 is 10.6. The van der Waals surface area contributed by atoms with Gasteiger partial charge in [0.2, 0.25) is 0 Å². The van der Waals surface area contributed by atoms with Gasteiger partial charge in [-0.15, -0.1) is 0 Å². The van der Waals surface area contributed by atoms with E-state index in [1.54, 1.807) is 6.92 Å². The molecular formula is C13H19NO5. The number of hydrogen-bond acceptors (Lipinski definition) is 5. The number of benzene rings is 1. The topological polar surface area (TPSA) is 81.8 Å². The van der Waals surface area contributed by atoms with Gasteiger partial charge in [-0.05, 0) is 26.3 Å². The molecule has 1 aromatic rings. The van der Waals surface area contributed by atoms with Crippen LogP contribution in [0.25, 0.3) is 0 Å². The molecule has 0 saturated heterocycles. The van der Waals surface area contributed by atoms with Gasteiger partial charge in [0.05, 0.1) is 35.9 Å². The van der Waals surface area contributed by atoms with Crippen LogP contribution < -0.4 is 9.47 Å². The van der Waals surface area contributed by atoms with Crippen LogP contribution in [-0.4, -0.2) is 23.2 Å². The Hall–Kier alpha value is -1.82. The number of aliphatic hydroxyl groups is 1. The molecule has 1 atom stereocenters. The Labute approximate surface area is 112 Å². The van der Waals surface area contributed by atoms with Crippen LogP contribution in [0.5, 0.6) is 11.5 Å². The van der Waals surface area contributed by atoms with Crippen molar-refractivity contribution >= 4 is 5.69 Å². The van der Waals surface area contributed by atoms with Crippen molar-refractivity contribution in [2.45, 2.75) is 39.4 Å². The number of aliphatic hydroxyl groups excluding tert-OH is 1. The highest BCUT2D eigenvalue weighted by molar-refractivity contribution is 5.55. The summed E-state index contributed by atoms with van der Waals surface area (Å²) in [5.74, 6) is 0.679. The minimum Gasteiger partial charge on any atom is -0.493 e. The average molecular weight is 269 g/mol. The zero-order valence-corrected chi connectivity index (χ0v) is 11.5. The molecule has 1 unspecified atom stereocenters. The minimum atomic E-state index is -0.902. The van der Waals surface area contributed by atoms with Gasteiger partial charge in [-0.2, -0.15) is 0 Å². The van der Waals surface area contributed by atoms with Crippen LogP contribution in [0.3, 0.4) is 0 Å². The molecule has 19 heavy (non-hydrogen) atoms. The van der Waals surface area contributed by atoms with E-state index in [1.807, 2.05) is 13.8 Å². The van der Waals surface area contributed by atoms with Gasteiger partial charge in [0.25, 0.3) is 5.69 Å². The maximum Gasteiger partial charge on any atom is 0.279 e. The van der Waals surface area contributed by atoms with Crippen molar-refractivity contribution in [3.8, 4) is 11.5 Å². The summed E-state index contributed by atoms with van der Waals surface area (Å²) in [6, 6.07) is 2.76. The second kappa shape index (κ2) is 6.38. The Kier molecular flexibility index (Phi) is 5.11. The van der Waals surface area contributed by atoms with Crippen molar-refractivity contribution in [2.24, 2.45) is 0 Å². The van der Waals surface area contributed by atoms with Gasteiger partial charge in [0.15, 0.2) is 11.5 Å². The number of methoxy groups -OCH3 is 1. The molecule has 0 heterocycles. The number of rotatable bonds is 6. The predicted octanol–water partition coefficient (Wildman–Crippen LogP) is 2.83. The fourth-order valence-electron chi connectivity index (χ4n) is 1.72. The Bertz CT molecular complexity index is 459. The summed E-state index contributed by atoms with van der Waals surface area (Å²) in [7, 11) is 1.42. The molecule has 0 aromatic heterocycles. The van der Waals surface area contributed by atoms with Crippen molar-refractivity contribution in [1.29, 1.82) is 0 Å². The normalized spacial score (nSPS) is 12.3. The molecule has 0 aliphatic rings. The van der Waals surface area contributed by atoms with Crippen molar-refractivity contribution in [3.05, 3.63) is 27.8 Å². The van der Waals surface area contributed by atoms with Crippen molar-refractivity contribution in [1.82, 2.24) is 0 Å². The Balaban J connectivity index is 3.37. The van der Waals surface area contributed by atoms with Crippen LogP contribution >= 0.6 is 0 Å². The van der Waals surface area contributed by atoms with Gasteiger partial charge in [-0.3, -0.25) is 10.1 Å². The first-order valence-electron chi connectivity index (χ1n) is 6.11. The summed E-state index contributed by atoms with van der Waals surface area (Å²) in [5.41, 5.74) is 0.0752. The Morgan fingerprint density at radius 3 is 2.42 bits per heavy atom. The molecule has 0 spiro atoms. The van der Waals surface area contributed by atoms with E-state index in [4.69, 9.17) is 9.47 Å². The fourth-order valence-corrected chi connectivity index (χ4v) is 1.72. The third kappa shape index (κ3) is 3.57. The van der Waals surface area contributed by atoms with E-state index in [9.17, 15) is 15.2 Å². The molecule has 6 nitrogen and oxygen atoms in total. The Morgan fingerprint density at radius 2 is 2.00 bits per heavy atom. The number of nitrogens with zero attached hydrogens (tertiary/aromatic N) is 1. The summed E-state index contributed by atoms with van der Waals surface area (Å²) in [6.45, 7) is 5.44. The lowest BCUT2D eigenvalue weighted by Crippen LogP contribution is -2.09. The fraction of sp³-hybridized carbons (Fsp3) is 0.538. The molecule has 0 aliphatic carbocycles. The number of hydrogen-bond donors (Lipinski definition) is 1. The van der Waals surface area contributed by atoms with Gasteiger partial charge < -0.3 is 14.6 Å². The van der Waals surface area contributed by atoms with E-state index in [2.05, 4.69) is 0 Å². The molecule has 0 saturated carbocycles. The molecule has 0 fully saturated rings. The van der Waals surface area contributed by atoms with E-state index < -0.39 is 11.0 Å². The smallest absolute Gasteiger partial charge is 0.279 e. The maximum atomic E-state index is 11.0. The van der Waals surface area contributed by atoms with Crippen LogP contribution in [0.1, 0.15) is 38.9 Å². The van der Waals surface area contributed by atoms with Crippen LogP contribution in [0.4, 0.5) is 5.69 Å². The molecule has 0 radical (unpaired) electrons. The van der Waals surface area contributed by atoms with Crippen LogP contribution in [0.2, 0.25) is 0 Å². The largest absolute Gasteiger partial charge is 0.493 e. The van der Waals surface area contributed by atoms with Crippen LogP contribution in [0, 0.1) is 10.1 Å². The zero-order valence-electron chi connectivity index (χ0n) is 11.5. The van der Waals surface area contributed by atoms with Gasteiger partial charge >= 0.3 is 0 Å². The summed E-state index contributed by atoms with van der Waals surface area (Å²) in [4.78, 5) is 10.5. The van der Waals surface area contributed by atoms with Crippen molar-refractivity contribution in [3.63, 3.8) is 0 Å². The first kappa shape index (κ1) is 15.2. The lowest BCUT2D eigenvalue weighted by molar-refractivity contribution is -0.386. The highest BCUT2D eigenvalue weighted by Gasteiger charge is 2.24. The molecule has 0 amide bonds. The molecular weight excluding hydrogens is 250 g/mol. The third-order valence-corrected chi connectivity index (χ3v) is 2.62. The summed E-state index contributed by atoms with van der Waals surface area (Å²) in [6.07, 6.45) is -0.614. The van der Waals surface area contributed by atoms with E-state index in [1.165, 1.54) is 19.2 Å². The minimum absolute atomic E-state index is 0.0954. The molecule has 106 valence electrons. The monoisotopic (exact) mass is 269 g/mol. The zero-order chi connectivity index (χ0) is 14.6. The average Bonchev–Trinajstić information content (AvgIpc) is 2.36. The van der Waals surface area contributed by atoms with Gasteiger partial charge in [0.1, 0.15) is 0 Å². The second-order valence-corrected chi connectivity index (χ2v) is 4.41. The molecule has 1 aromatic carbocycles. The quantitative estimate of drug-likeness (QED) is 0.634. The standard InChI is InChI=1S/C13H19NO5/c1-5-11(15)9-6-13(19-8(2)3)12(18-4)7-10(9)14(16)17/h6-8,11,15H,5H2,1-4H3. The summed E-state index contributed by atoms with van der Waals surface area (Å²) in [5, 5.41) is 20.9. The van der Waals surface area contributed by atoms with Crippen molar-refractivity contribution < 1.29 is 19.5 Å². The van der Waals surface area contributed by atoms with Gasteiger partial charge in [-0.25, -0.2) is 0 Å². The van der Waals surface area contributed by atoms with E-state index in [0.29, 0.717) is 12.2 Å². The number of nitro benzene ring substituents is 1. The number of ether oxygens (including phenoxy) is 2. The molecule has 1 rings (SSSR count).